The Morgan fingerprint density at radius 1 is 0.977 bits per heavy atom. The van der Waals surface area contributed by atoms with Gasteiger partial charge < -0.3 is 14.8 Å². The summed E-state index contributed by atoms with van der Waals surface area (Å²) < 4.78 is 59.8. The van der Waals surface area contributed by atoms with Crippen LogP contribution < -0.4 is 14.8 Å². The zero-order valence-electron chi connectivity index (χ0n) is 26.2. The van der Waals surface area contributed by atoms with Gasteiger partial charge in [-0.3, -0.25) is 4.90 Å². The number of rotatable bonds is 8. The normalized spacial score (nSPS) is 25.9. The first kappa shape index (κ1) is 31.0. The molecule has 7 heteroatoms. The first-order chi connectivity index (χ1) is 21.1. The number of fused-ring (bicyclic) bond motifs is 1. The number of halogens is 3. The lowest BCUT2D eigenvalue weighted by Crippen LogP contribution is -2.48. The van der Waals surface area contributed by atoms with Crippen molar-refractivity contribution in [2.24, 2.45) is 5.41 Å². The van der Waals surface area contributed by atoms with Crippen molar-refractivity contribution in [1.82, 2.24) is 10.2 Å². The van der Waals surface area contributed by atoms with Gasteiger partial charge in [0.2, 0.25) is 0 Å². The standard InChI is InChI=1S/C37H45F3N2O2/c1-25-17-27-18-28(43-22-26-9-5-4-6-10-26)12-13-31(27)35(42(25)24-36(2,3)40)34-32(38)19-30(20-33(34)39)44-29-11-7-14-37(21-29)15-8-16-41-23-37/h4-6,9-10,12-13,18-20,25,29,35,41H,7-8,11,14-17,21-24H2,1-3H3/t25-,29?,35?,37?/m1/s1. The third-order valence-electron chi connectivity index (χ3n) is 9.71. The van der Waals surface area contributed by atoms with Crippen LogP contribution in [-0.4, -0.2) is 42.3 Å². The lowest BCUT2D eigenvalue weighted by atomic mass is 9.69. The maximum Gasteiger partial charge on any atom is 0.134 e. The molecule has 2 aliphatic heterocycles. The summed E-state index contributed by atoms with van der Waals surface area (Å²) in [5.41, 5.74) is 1.37. The Morgan fingerprint density at radius 3 is 2.43 bits per heavy atom. The summed E-state index contributed by atoms with van der Waals surface area (Å²) >= 11 is 0. The highest BCUT2D eigenvalue weighted by molar-refractivity contribution is 5.46. The topological polar surface area (TPSA) is 33.7 Å². The maximum absolute atomic E-state index is 16.1. The van der Waals surface area contributed by atoms with Crippen molar-refractivity contribution in [1.29, 1.82) is 0 Å². The van der Waals surface area contributed by atoms with Crippen LogP contribution in [0.15, 0.2) is 60.7 Å². The van der Waals surface area contributed by atoms with E-state index in [2.05, 4.69) is 5.32 Å². The molecule has 0 bridgehead atoms. The van der Waals surface area contributed by atoms with Gasteiger partial charge in [-0.25, -0.2) is 13.2 Å². The minimum absolute atomic E-state index is 0.0415. The fourth-order valence-electron chi connectivity index (χ4n) is 7.72. The summed E-state index contributed by atoms with van der Waals surface area (Å²) in [6.07, 6.45) is 6.87. The SMILES string of the molecule is C[C@@H]1Cc2cc(OCc3ccccc3)ccc2C(c2c(F)cc(OC3CCCC4(CCCNC4)C3)cc2F)N1CC(C)(C)F. The Kier molecular flexibility index (Phi) is 8.98. The van der Waals surface area contributed by atoms with Gasteiger partial charge in [-0.2, -0.15) is 0 Å². The second kappa shape index (κ2) is 12.8. The summed E-state index contributed by atoms with van der Waals surface area (Å²) in [7, 11) is 0. The van der Waals surface area contributed by atoms with Gasteiger partial charge in [-0.1, -0.05) is 36.4 Å². The van der Waals surface area contributed by atoms with E-state index in [-0.39, 0.29) is 35.4 Å². The molecule has 2 heterocycles. The van der Waals surface area contributed by atoms with Crippen molar-refractivity contribution in [2.75, 3.05) is 19.6 Å². The van der Waals surface area contributed by atoms with E-state index in [4.69, 9.17) is 9.47 Å². The monoisotopic (exact) mass is 606 g/mol. The van der Waals surface area contributed by atoms with Crippen molar-refractivity contribution >= 4 is 0 Å². The molecule has 4 nitrogen and oxygen atoms in total. The first-order valence-corrected chi connectivity index (χ1v) is 16.2. The number of hydrogen-bond acceptors (Lipinski definition) is 4. The molecule has 0 radical (unpaired) electrons. The quantitative estimate of drug-likeness (QED) is 0.280. The Morgan fingerprint density at radius 2 is 1.73 bits per heavy atom. The fraction of sp³-hybridized carbons (Fsp3) is 0.514. The Balaban J connectivity index is 1.29. The molecule has 1 aliphatic carbocycles. The number of nitrogens with zero attached hydrogens (tertiary/aromatic N) is 1. The second-order valence-electron chi connectivity index (χ2n) is 13.9. The van der Waals surface area contributed by atoms with Gasteiger partial charge in [-0.15, -0.1) is 0 Å². The fourth-order valence-corrected chi connectivity index (χ4v) is 7.72. The number of nitrogens with one attached hydrogen (secondary N) is 1. The lowest BCUT2D eigenvalue weighted by Gasteiger charge is -2.44. The molecule has 4 atom stereocenters. The van der Waals surface area contributed by atoms with Crippen LogP contribution in [0.4, 0.5) is 13.2 Å². The van der Waals surface area contributed by atoms with E-state index in [9.17, 15) is 0 Å². The molecule has 3 unspecified atom stereocenters. The van der Waals surface area contributed by atoms with Crippen LogP contribution in [0.2, 0.25) is 0 Å². The summed E-state index contributed by atoms with van der Waals surface area (Å²) in [4.78, 5) is 1.90. The molecule has 236 valence electrons. The number of benzene rings is 3. The smallest absolute Gasteiger partial charge is 0.134 e. The lowest BCUT2D eigenvalue weighted by molar-refractivity contribution is 0.0450. The van der Waals surface area contributed by atoms with Gasteiger partial charge in [0.15, 0.2) is 0 Å². The molecule has 1 saturated heterocycles. The van der Waals surface area contributed by atoms with E-state index in [1.54, 1.807) is 0 Å². The number of alkyl halides is 1. The molecule has 1 saturated carbocycles. The average Bonchev–Trinajstić information content (AvgIpc) is 2.97. The molecular formula is C37H45F3N2O2. The van der Waals surface area contributed by atoms with Crippen molar-refractivity contribution in [2.45, 2.75) is 96.2 Å². The van der Waals surface area contributed by atoms with Crippen molar-refractivity contribution in [3.05, 3.63) is 94.6 Å². The number of piperidine rings is 1. The van der Waals surface area contributed by atoms with E-state index in [1.807, 2.05) is 60.4 Å². The molecule has 2 fully saturated rings. The zero-order chi connectivity index (χ0) is 30.9. The number of ether oxygens (including phenoxy) is 2. The first-order valence-electron chi connectivity index (χ1n) is 16.2. The van der Waals surface area contributed by atoms with Crippen molar-refractivity contribution < 1.29 is 22.6 Å². The minimum Gasteiger partial charge on any atom is -0.490 e. The predicted octanol–water partition coefficient (Wildman–Crippen LogP) is 8.32. The van der Waals surface area contributed by atoms with Crippen molar-refractivity contribution in [3.8, 4) is 11.5 Å². The molecule has 3 aromatic carbocycles. The summed E-state index contributed by atoms with van der Waals surface area (Å²) in [5, 5.41) is 3.53. The molecular weight excluding hydrogens is 561 g/mol. The summed E-state index contributed by atoms with van der Waals surface area (Å²) in [6.45, 7) is 7.50. The predicted molar refractivity (Wildman–Crippen MR) is 168 cm³/mol. The average molecular weight is 607 g/mol. The number of hydrogen-bond donors (Lipinski definition) is 1. The third kappa shape index (κ3) is 6.94. The van der Waals surface area contributed by atoms with E-state index in [0.717, 1.165) is 55.5 Å². The highest BCUT2D eigenvalue weighted by Gasteiger charge is 2.41. The zero-order valence-corrected chi connectivity index (χ0v) is 26.2. The maximum atomic E-state index is 16.1. The van der Waals surface area contributed by atoms with Crippen LogP contribution in [0, 0.1) is 17.0 Å². The molecule has 3 aromatic rings. The highest BCUT2D eigenvalue weighted by atomic mass is 19.1. The van der Waals surface area contributed by atoms with Gasteiger partial charge in [0.05, 0.1) is 12.1 Å². The van der Waals surface area contributed by atoms with Gasteiger partial charge in [-0.05, 0) is 106 Å². The van der Waals surface area contributed by atoms with Crippen LogP contribution in [0.25, 0.3) is 0 Å². The molecule has 6 rings (SSSR count). The Bertz CT molecular complexity index is 1410. The minimum atomic E-state index is -1.55. The molecule has 1 N–H and O–H groups in total. The Labute approximate surface area is 259 Å². The van der Waals surface area contributed by atoms with Gasteiger partial charge in [0.1, 0.15) is 35.4 Å². The molecule has 0 amide bonds. The van der Waals surface area contributed by atoms with E-state index in [0.29, 0.717) is 18.8 Å². The van der Waals surface area contributed by atoms with Crippen LogP contribution in [-0.2, 0) is 13.0 Å². The summed E-state index contributed by atoms with van der Waals surface area (Å²) in [6, 6.07) is 17.3. The van der Waals surface area contributed by atoms with Gasteiger partial charge >= 0.3 is 0 Å². The van der Waals surface area contributed by atoms with Crippen LogP contribution in [0.1, 0.15) is 87.6 Å². The van der Waals surface area contributed by atoms with Gasteiger partial charge in [0, 0.05) is 36.8 Å². The Hall–Kier alpha value is -3.03. The highest BCUT2D eigenvalue weighted by Crippen LogP contribution is 2.45. The summed E-state index contributed by atoms with van der Waals surface area (Å²) in [5.74, 6) is -0.413. The molecule has 44 heavy (non-hydrogen) atoms. The second-order valence-corrected chi connectivity index (χ2v) is 13.9. The van der Waals surface area contributed by atoms with Gasteiger partial charge in [0.25, 0.3) is 0 Å². The van der Waals surface area contributed by atoms with Crippen LogP contribution in [0.5, 0.6) is 11.5 Å². The van der Waals surface area contributed by atoms with Crippen molar-refractivity contribution in [3.63, 3.8) is 0 Å². The third-order valence-corrected chi connectivity index (χ3v) is 9.71. The van der Waals surface area contributed by atoms with E-state index >= 15 is 13.2 Å². The van der Waals surface area contributed by atoms with Crippen LogP contribution in [0.3, 0.4) is 0 Å². The van der Waals surface area contributed by atoms with Crippen LogP contribution >= 0.6 is 0 Å². The largest absolute Gasteiger partial charge is 0.490 e. The molecule has 3 aliphatic rings. The van der Waals surface area contributed by atoms with E-state index < -0.39 is 23.3 Å². The van der Waals surface area contributed by atoms with E-state index in [1.165, 1.54) is 38.8 Å². The molecule has 0 aromatic heterocycles. The molecule has 1 spiro atoms.